The van der Waals surface area contributed by atoms with Crippen molar-refractivity contribution in [2.24, 2.45) is 11.8 Å². The molecule has 178 valence electrons. The van der Waals surface area contributed by atoms with Gasteiger partial charge in [-0.2, -0.15) is 0 Å². The summed E-state index contributed by atoms with van der Waals surface area (Å²) in [4.78, 5) is 4.35. The van der Waals surface area contributed by atoms with Crippen LogP contribution in [0.4, 0.5) is 0 Å². The molecule has 0 radical (unpaired) electrons. The normalized spacial score (nSPS) is 23.2. The molecule has 6 rings (SSSR count). The van der Waals surface area contributed by atoms with E-state index in [4.69, 9.17) is 4.74 Å². The van der Waals surface area contributed by atoms with Crippen LogP contribution in [0.25, 0.3) is 11.4 Å². The van der Waals surface area contributed by atoms with E-state index in [9.17, 15) is 0 Å². The van der Waals surface area contributed by atoms with Crippen LogP contribution < -0.4 is 4.74 Å². The second kappa shape index (κ2) is 8.91. The molecule has 2 aliphatic rings. The molecule has 2 bridgehead atoms. The Labute approximate surface area is 206 Å². The average Bonchev–Trinajstić information content (AvgIpc) is 3.65. The van der Waals surface area contributed by atoms with Crippen LogP contribution >= 0.6 is 0 Å². The molecule has 3 unspecified atom stereocenters. The molecule has 0 amide bonds. The highest BCUT2D eigenvalue weighted by atomic mass is 16.5. The summed E-state index contributed by atoms with van der Waals surface area (Å²) in [6, 6.07) is 23.9. The van der Waals surface area contributed by atoms with Crippen molar-refractivity contribution in [3.05, 3.63) is 89.7 Å². The maximum absolute atomic E-state index is 6.01. The molecule has 2 aromatic carbocycles. The summed E-state index contributed by atoms with van der Waals surface area (Å²) in [5, 5.41) is 12.3. The van der Waals surface area contributed by atoms with Gasteiger partial charge < -0.3 is 4.74 Å². The van der Waals surface area contributed by atoms with E-state index < -0.39 is 0 Å². The summed E-state index contributed by atoms with van der Waals surface area (Å²) < 4.78 is 7.90. The molecule has 2 fully saturated rings. The first-order valence-electron chi connectivity index (χ1n) is 12.7. The lowest BCUT2D eigenvalue weighted by molar-refractivity contribution is 0.299. The minimum Gasteiger partial charge on any atom is -0.487 e. The molecular weight excluding hydrogens is 434 g/mol. The Morgan fingerprint density at radius 1 is 0.971 bits per heavy atom. The zero-order valence-electron chi connectivity index (χ0n) is 20.3. The molecule has 0 N–H and O–H groups in total. The van der Waals surface area contributed by atoms with Gasteiger partial charge in [0.05, 0.1) is 11.7 Å². The van der Waals surface area contributed by atoms with E-state index in [0.717, 1.165) is 28.7 Å². The Kier molecular flexibility index (Phi) is 5.59. The molecule has 6 heteroatoms. The fourth-order valence-corrected chi connectivity index (χ4v) is 6.34. The molecule has 0 aliphatic heterocycles. The average molecular weight is 466 g/mol. The molecule has 2 aromatic heterocycles. The van der Waals surface area contributed by atoms with E-state index in [1.807, 2.05) is 22.9 Å². The number of pyridine rings is 1. The van der Waals surface area contributed by atoms with E-state index in [2.05, 4.69) is 82.9 Å². The minimum atomic E-state index is 0.0604. The fourth-order valence-electron chi connectivity index (χ4n) is 6.34. The zero-order chi connectivity index (χ0) is 23.8. The second-order valence-corrected chi connectivity index (χ2v) is 10.3. The van der Waals surface area contributed by atoms with Gasteiger partial charge in [0.25, 0.3) is 0 Å². The van der Waals surface area contributed by atoms with E-state index in [-0.39, 0.29) is 11.5 Å². The smallest absolute Gasteiger partial charge is 0.182 e. The topological polar surface area (TPSA) is 65.7 Å². The predicted molar refractivity (Wildman–Crippen MR) is 135 cm³/mol. The van der Waals surface area contributed by atoms with Gasteiger partial charge in [0.1, 0.15) is 12.4 Å². The number of fused-ring (bicyclic) bond motifs is 2. The molecule has 3 atom stereocenters. The summed E-state index contributed by atoms with van der Waals surface area (Å²) in [7, 11) is 0. The highest BCUT2D eigenvalue weighted by Gasteiger charge is 2.52. The quantitative estimate of drug-likeness (QED) is 0.335. The van der Waals surface area contributed by atoms with Crippen LogP contribution in [-0.2, 0) is 12.0 Å². The van der Waals surface area contributed by atoms with Gasteiger partial charge in [0.15, 0.2) is 5.82 Å². The zero-order valence-corrected chi connectivity index (χ0v) is 20.3. The maximum atomic E-state index is 6.01. The largest absolute Gasteiger partial charge is 0.487 e. The van der Waals surface area contributed by atoms with Crippen molar-refractivity contribution in [1.29, 1.82) is 0 Å². The van der Waals surface area contributed by atoms with Crippen LogP contribution in [0.15, 0.2) is 72.9 Å². The Balaban J connectivity index is 1.29. The molecule has 6 nitrogen and oxygen atoms in total. The molecular formula is C29H31N5O. The minimum absolute atomic E-state index is 0.0604. The standard InChI is InChI=1S/C29H31N5O/c1-20(2)34-28(31-32-33-34)22-7-10-23(11-8-22)29(18-21-6-9-25(29)17-21)24-12-14-27(15-13-24)35-19-26-5-3-4-16-30-26/h3-5,7-8,10-16,20-21,25H,6,9,17-19H2,1-2H3. The van der Waals surface area contributed by atoms with E-state index in [1.165, 1.54) is 36.8 Å². The van der Waals surface area contributed by atoms with E-state index >= 15 is 0 Å². The number of ether oxygens (including phenoxy) is 1. The van der Waals surface area contributed by atoms with Gasteiger partial charge in [-0.25, -0.2) is 4.68 Å². The van der Waals surface area contributed by atoms with Gasteiger partial charge >= 0.3 is 0 Å². The van der Waals surface area contributed by atoms with Crippen LogP contribution in [0.5, 0.6) is 5.75 Å². The molecule has 2 aliphatic carbocycles. The third kappa shape index (κ3) is 3.91. The van der Waals surface area contributed by atoms with Crippen molar-refractivity contribution in [1.82, 2.24) is 25.2 Å². The van der Waals surface area contributed by atoms with Crippen LogP contribution in [0, 0.1) is 11.8 Å². The molecule has 0 spiro atoms. The molecule has 2 saturated carbocycles. The van der Waals surface area contributed by atoms with Crippen LogP contribution in [0.1, 0.15) is 62.4 Å². The Morgan fingerprint density at radius 2 is 1.74 bits per heavy atom. The first-order valence-corrected chi connectivity index (χ1v) is 12.7. The second-order valence-electron chi connectivity index (χ2n) is 10.3. The Morgan fingerprint density at radius 3 is 2.37 bits per heavy atom. The van der Waals surface area contributed by atoms with Crippen molar-refractivity contribution in [3.63, 3.8) is 0 Å². The Bertz CT molecular complexity index is 1280. The lowest BCUT2D eigenvalue weighted by Gasteiger charge is -2.39. The van der Waals surface area contributed by atoms with Gasteiger partial charge in [0.2, 0.25) is 0 Å². The lowest BCUT2D eigenvalue weighted by atomic mass is 9.64. The fraction of sp³-hybridized carbons (Fsp3) is 0.379. The van der Waals surface area contributed by atoms with Crippen LogP contribution in [0.3, 0.4) is 0 Å². The number of tetrazole rings is 1. The summed E-state index contributed by atoms with van der Waals surface area (Å²) >= 11 is 0. The summed E-state index contributed by atoms with van der Waals surface area (Å²) in [5.74, 6) is 3.20. The number of hydrogen-bond acceptors (Lipinski definition) is 5. The van der Waals surface area contributed by atoms with Gasteiger partial charge in [0, 0.05) is 17.2 Å². The SMILES string of the molecule is CC(C)n1nnnc1-c1ccc(C2(c3ccc(OCc4ccccn4)cc3)CC3CCC2C3)cc1. The lowest BCUT2D eigenvalue weighted by Crippen LogP contribution is -2.34. The van der Waals surface area contributed by atoms with Crippen molar-refractivity contribution in [2.45, 2.75) is 57.6 Å². The van der Waals surface area contributed by atoms with Gasteiger partial charge in [-0.05, 0) is 90.8 Å². The van der Waals surface area contributed by atoms with Crippen molar-refractivity contribution < 1.29 is 4.74 Å². The van der Waals surface area contributed by atoms with Crippen molar-refractivity contribution >= 4 is 0 Å². The Hall–Kier alpha value is -3.54. The summed E-state index contributed by atoms with van der Waals surface area (Å²) in [6.07, 6.45) is 7.00. The first-order chi connectivity index (χ1) is 17.1. The summed E-state index contributed by atoms with van der Waals surface area (Å²) in [6.45, 7) is 4.68. The maximum Gasteiger partial charge on any atom is 0.182 e. The third-order valence-corrected chi connectivity index (χ3v) is 7.97. The predicted octanol–water partition coefficient (Wildman–Crippen LogP) is 6.00. The highest BCUT2D eigenvalue weighted by Crippen LogP contribution is 2.60. The highest BCUT2D eigenvalue weighted by molar-refractivity contribution is 5.57. The van der Waals surface area contributed by atoms with E-state index in [0.29, 0.717) is 12.5 Å². The van der Waals surface area contributed by atoms with Crippen LogP contribution in [-0.4, -0.2) is 25.2 Å². The molecule has 2 heterocycles. The van der Waals surface area contributed by atoms with Crippen LogP contribution in [0.2, 0.25) is 0 Å². The number of rotatable bonds is 7. The van der Waals surface area contributed by atoms with Gasteiger partial charge in [-0.1, -0.05) is 48.9 Å². The number of hydrogen-bond donors (Lipinski definition) is 0. The first kappa shape index (κ1) is 22.0. The third-order valence-electron chi connectivity index (χ3n) is 7.97. The molecule has 4 aromatic rings. The summed E-state index contributed by atoms with van der Waals surface area (Å²) in [5.41, 5.74) is 4.85. The molecule has 0 saturated heterocycles. The van der Waals surface area contributed by atoms with Gasteiger partial charge in [-0.15, -0.1) is 5.10 Å². The molecule has 35 heavy (non-hydrogen) atoms. The van der Waals surface area contributed by atoms with E-state index in [1.54, 1.807) is 6.20 Å². The van der Waals surface area contributed by atoms with Gasteiger partial charge in [-0.3, -0.25) is 4.98 Å². The number of aromatic nitrogens is 5. The number of benzene rings is 2. The van der Waals surface area contributed by atoms with Crippen molar-refractivity contribution in [2.75, 3.05) is 0 Å². The number of nitrogens with zero attached hydrogens (tertiary/aromatic N) is 5. The van der Waals surface area contributed by atoms with Crippen molar-refractivity contribution in [3.8, 4) is 17.1 Å². The monoisotopic (exact) mass is 465 g/mol.